The molecule has 0 bridgehead atoms. The summed E-state index contributed by atoms with van der Waals surface area (Å²) in [4.78, 5) is 0. The van der Waals surface area contributed by atoms with Gasteiger partial charge < -0.3 is 9.67 Å². The Balaban J connectivity index is 1.77. The first kappa shape index (κ1) is 16.1. The molecule has 0 radical (unpaired) electrons. The summed E-state index contributed by atoms with van der Waals surface area (Å²) in [6.07, 6.45) is 0. The number of nitrogens with zero attached hydrogens (tertiary/aromatic N) is 3. The third kappa shape index (κ3) is 3.09. The molecule has 1 N–H and O–H groups in total. The predicted octanol–water partition coefficient (Wildman–Crippen LogP) is 6.12. The highest BCUT2D eigenvalue weighted by Crippen LogP contribution is 2.39. The Hall–Kier alpha value is -3.40. The van der Waals surface area contributed by atoms with Crippen LogP contribution in [0.25, 0.3) is 10.9 Å². The van der Waals surface area contributed by atoms with Gasteiger partial charge >= 0.3 is 0 Å². The van der Waals surface area contributed by atoms with Gasteiger partial charge in [-0.05, 0) is 30.7 Å². The maximum atomic E-state index is 10.8. The van der Waals surface area contributed by atoms with Crippen molar-refractivity contribution in [2.45, 2.75) is 13.5 Å². The van der Waals surface area contributed by atoms with Crippen LogP contribution < -0.4 is 0 Å². The molecule has 0 saturated heterocycles. The van der Waals surface area contributed by atoms with Crippen LogP contribution in [0.15, 0.2) is 89.1 Å². The molecular formula is C22H19N3O. The second-order valence-electron chi connectivity index (χ2n) is 6.30. The highest BCUT2D eigenvalue weighted by molar-refractivity contribution is 5.95. The lowest BCUT2D eigenvalue weighted by atomic mass is 10.2. The number of azo groups is 1. The fourth-order valence-corrected chi connectivity index (χ4v) is 3.02. The van der Waals surface area contributed by atoms with E-state index in [1.807, 2.05) is 90.4 Å². The molecule has 1 aromatic heterocycles. The third-order valence-electron chi connectivity index (χ3n) is 4.40. The van der Waals surface area contributed by atoms with Gasteiger partial charge in [-0.2, -0.15) is 5.11 Å². The standard InChI is InChI=1S/C22H19N3O/c1-16-11-13-18(14-12-16)23-24-21-19-9-5-6-10-20(19)25(22(21)26)15-17-7-3-2-4-8-17/h2-14,26H,15H2,1H3. The first-order chi connectivity index (χ1) is 12.7. The second kappa shape index (κ2) is 6.84. The van der Waals surface area contributed by atoms with Crippen LogP contribution in [-0.2, 0) is 6.54 Å². The zero-order valence-corrected chi connectivity index (χ0v) is 14.5. The number of aromatic hydroxyl groups is 1. The van der Waals surface area contributed by atoms with Crippen molar-refractivity contribution in [3.8, 4) is 5.88 Å². The molecule has 4 nitrogen and oxygen atoms in total. The average molecular weight is 341 g/mol. The van der Waals surface area contributed by atoms with Crippen molar-refractivity contribution in [3.05, 3.63) is 90.0 Å². The van der Waals surface area contributed by atoms with E-state index in [4.69, 9.17) is 0 Å². The molecule has 0 saturated carbocycles. The van der Waals surface area contributed by atoms with E-state index in [-0.39, 0.29) is 5.88 Å². The van der Waals surface area contributed by atoms with Crippen LogP contribution in [0.1, 0.15) is 11.1 Å². The largest absolute Gasteiger partial charge is 0.493 e. The van der Waals surface area contributed by atoms with E-state index in [9.17, 15) is 5.11 Å². The van der Waals surface area contributed by atoms with Crippen LogP contribution in [0.2, 0.25) is 0 Å². The Labute approximate surface area is 152 Å². The molecule has 4 rings (SSSR count). The van der Waals surface area contributed by atoms with E-state index < -0.39 is 0 Å². The van der Waals surface area contributed by atoms with Crippen LogP contribution in [0.3, 0.4) is 0 Å². The van der Waals surface area contributed by atoms with E-state index in [2.05, 4.69) is 10.2 Å². The minimum atomic E-state index is 0.130. The van der Waals surface area contributed by atoms with E-state index in [0.29, 0.717) is 12.2 Å². The predicted molar refractivity (Wildman–Crippen MR) is 105 cm³/mol. The van der Waals surface area contributed by atoms with E-state index in [0.717, 1.165) is 22.2 Å². The fourth-order valence-electron chi connectivity index (χ4n) is 3.02. The van der Waals surface area contributed by atoms with Gasteiger partial charge in [0.2, 0.25) is 5.88 Å². The van der Waals surface area contributed by atoms with Gasteiger partial charge in [-0.1, -0.05) is 66.2 Å². The van der Waals surface area contributed by atoms with Gasteiger partial charge in [-0.3, -0.25) is 0 Å². The average Bonchev–Trinajstić information content (AvgIpc) is 2.94. The van der Waals surface area contributed by atoms with Crippen LogP contribution in [0, 0.1) is 6.92 Å². The molecule has 0 fully saturated rings. The summed E-state index contributed by atoms with van der Waals surface area (Å²) in [7, 11) is 0. The smallest absolute Gasteiger partial charge is 0.221 e. The Bertz CT molecular complexity index is 1060. The minimum Gasteiger partial charge on any atom is -0.493 e. The highest BCUT2D eigenvalue weighted by atomic mass is 16.3. The quantitative estimate of drug-likeness (QED) is 0.447. The van der Waals surface area contributed by atoms with E-state index >= 15 is 0 Å². The number of benzene rings is 3. The molecule has 4 aromatic rings. The van der Waals surface area contributed by atoms with Gasteiger partial charge in [-0.15, -0.1) is 5.11 Å². The summed E-state index contributed by atoms with van der Waals surface area (Å²) in [5, 5.41) is 20.3. The minimum absolute atomic E-state index is 0.130. The monoisotopic (exact) mass is 341 g/mol. The van der Waals surface area contributed by atoms with Gasteiger partial charge in [0.1, 0.15) is 0 Å². The van der Waals surface area contributed by atoms with E-state index in [1.54, 1.807) is 0 Å². The van der Waals surface area contributed by atoms with Crippen molar-refractivity contribution in [3.63, 3.8) is 0 Å². The topological polar surface area (TPSA) is 49.9 Å². The van der Waals surface area contributed by atoms with Crippen molar-refractivity contribution in [2.24, 2.45) is 10.2 Å². The van der Waals surface area contributed by atoms with Crippen LogP contribution in [-0.4, -0.2) is 9.67 Å². The highest BCUT2D eigenvalue weighted by Gasteiger charge is 2.16. The van der Waals surface area contributed by atoms with Crippen molar-refractivity contribution >= 4 is 22.3 Å². The summed E-state index contributed by atoms with van der Waals surface area (Å²) < 4.78 is 1.87. The first-order valence-corrected chi connectivity index (χ1v) is 8.55. The molecule has 128 valence electrons. The number of rotatable bonds is 4. The summed E-state index contributed by atoms with van der Waals surface area (Å²) in [6.45, 7) is 2.61. The van der Waals surface area contributed by atoms with Crippen molar-refractivity contribution in [1.82, 2.24) is 4.57 Å². The normalized spacial score (nSPS) is 11.4. The molecule has 3 aromatic carbocycles. The summed E-state index contributed by atoms with van der Waals surface area (Å²) >= 11 is 0. The zero-order chi connectivity index (χ0) is 17.9. The van der Waals surface area contributed by atoms with Gasteiger partial charge in [0, 0.05) is 5.39 Å². The molecule has 0 amide bonds. The molecule has 4 heteroatoms. The Morgan fingerprint density at radius 2 is 1.50 bits per heavy atom. The molecule has 0 aliphatic carbocycles. The fraction of sp³-hybridized carbons (Fsp3) is 0.0909. The van der Waals surface area contributed by atoms with Crippen molar-refractivity contribution < 1.29 is 5.11 Å². The maximum absolute atomic E-state index is 10.8. The lowest BCUT2D eigenvalue weighted by molar-refractivity contribution is 0.429. The van der Waals surface area contributed by atoms with Crippen LogP contribution in [0.5, 0.6) is 5.88 Å². The summed E-state index contributed by atoms with van der Waals surface area (Å²) in [6, 6.07) is 25.7. The molecule has 1 heterocycles. The molecule has 0 spiro atoms. The van der Waals surface area contributed by atoms with Crippen LogP contribution in [0.4, 0.5) is 11.4 Å². The molecule has 0 unspecified atom stereocenters. The lowest BCUT2D eigenvalue weighted by Crippen LogP contribution is -1.98. The number of para-hydroxylation sites is 1. The number of aromatic nitrogens is 1. The number of fused-ring (bicyclic) bond motifs is 1. The molecular weight excluding hydrogens is 322 g/mol. The molecule has 0 atom stereocenters. The Kier molecular flexibility index (Phi) is 4.23. The van der Waals surface area contributed by atoms with Gasteiger partial charge in [0.15, 0.2) is 5.69 Å². The number of hydrogen-bond acceptors (Lipinski definition) is 3. The molecule has 26 heavy (non-hydrogen) atoms. The number of aryl methyl sites for hydroxylation is 1. The SMILES string of the molecule is Cc1ccc(N=Nc2c(O)n(Cc3ccccc3)c3ccccc23)cc1. The summed E-state index contributed by atoms with van der Waals surface area (Å²) in [5.74, 6) is 0.130. The second-order valence-corrected chi connectivity index (χ2v) is 6.30. The van der Waals surface area contributed by atoms with E-state index in [1.165, 1.54) is 5.56 Å². The van der Waals surface area contributed by atoms with Crippen molar-refractivity contribution in [2.75, 3.05) is 0 Å². The van der Waals surface area contributed by atoms with Gasteiger partial charge in [0.05, 0.1) is 17.7 Å². The maximum Gasteiger partial charge on any atom is 0.221 e. The van der Waals surface area contributed by atoms with Gasteiger partial charge in [0.25, 0.3) is 0 Å². The first-order valence-electron chi connectivity index (χ1n) is 8.55. The third-order valence-corrected chi connectivity index (χ3v) is 4.40. The Morgan fingerprint density at radius 3 is 2.27 bits per heavy atom. The Morgan fingerprint density at radius 1 is 0.808 bits per heavy atom. The van der Waals surface area contributed by atoms with Crippen molar-refractivity contribution in [1.29, 1.82) is 0 Å². The van der Waals surface area contributed by atoms with Gasteiger partial charge in [-0.25, -0.2) is 0 Å². The molecule has 0 aliphatic heterocycles. The zero-order valence-electron chi connectivity index (χ0n) is 14.5. The van der Waals surface area contributed by atoms with Crippen LogP contribution >= 0.6 is 0 Å². The summed E-state index contributed by atoms with van der Waals surface area (Å²) in [5.41, 5.74) is 4.48. The lowest BCUT2D eigenvalue weighted by Gasteiger charge is -2.06. The number of hydrogen-bond donors (Lipinski definition) is 1. The molecule has 0 aliphatic rings.